The normalized spacial score (nSPS) is 11.0. The number of aromatic nitrogens is 1. The lowest BCUT2D eigenvalue weighted by molar-refractivity contribution is 0.925. The van der Waals surface area contributed by atoms with Crippen LogP contribution < -0.4 is 0 Å². The van der Waals surface area contributed by atoms with E-state index in [1.807, 2.05) is 0 Å². The average molecular weight is 311 g/mol. The van der Waals surface area contributed by atoms with Gasteiger partial charge in [-0.3, -0.25) is 0 Å². The van der Waals surface area contributed by atoms with Crippen LogP contribution in [-0.2, 0) is 6.42 Å². The Morgan fingerprint density at radius 3 is 2.04 bits per heavy atom. The van der Waals surface area contributed by atoms with Gasteiger partial charge in [0.15, 0.2) is 0 Å². The predicted molar refractivity (Wildman–Crippen MR) is 103 cm³/mol. The fourth-order valence-corrected chi connectivity index (χ4v) is 3.55. The van der Waals surface area contributed by atoms with E-state index in [-0.39, 0.29) is 0 Å². The van der Waals surface area contributed by atoms with Crippen LogP contribution in [0, 0.1) is 0 Å². The predicted octanol–water partition coefficient (Wildman–Crippen LogP) is 6.25. The molecule has 0 aliphatic rings. The van der Waals surface area contributed by atoms with Gasteiger partial charge in [-0.2, -0.15) is 0 Å². The number of fused-ring (bicyclic) bond motifs is 1. The smallest absolute Gasteiger partial charge is 0.0572 e. The van der Waals surface area contributed by atoms with Crippen LogP contribution in [-0.4, -0.2) is 4.57 Å². The van der Waals surface area contributed by atoms with E-state index in [0.29, 0.717) is 0 Å². The summed E-state index contributed by atoms with van der Waals surface area (Å²) in [4.78, 5) is 0. The third-order valence-corrected chi connectivity index (χ3v) is 4.54. The summed E-state index contributed by atoms with van der Waals surface area (Å²) >= 11 is 0. The highest BCUT2D eigenvalue weighted by Gasteiger charge is 2.18. The molecule has 0 aliphatic heterocycles. The molecule has 0 aliphatic carbocycles. The third kappa shape index (κ3) is 2.43. The van der Waals surface area contributed by atoms with Crippen molar-refractivity contribution < 1.29 is 0 Å². The van der Waals surface area contributed by atoms with Gasteiger partial charge in [0, 0.05) is 11.1 Å². The second-order valence-electron chi connectivity index (χ2n) is 6.13. The standard InChI is InChI=1S/C23H21N/c1-2-11-21-20-16-9-10-17-22(20)24(19-14-7-4-8-15-19)23(21)18-12-5-3-6-13-18/h3-10,12-17H,2,11H2,1H3. The highest BCUT2D eigenvalue weighted by Crippen LogP contribution is 2.37. The Labute approximate surface area is 143 Å². The zero-order valence-electron chi connectivity index (χ0n) is 13.9. The molecule has 0 fully saturated rings. The van der Waals surface area contributed by atoms with Gasteiger partial charge >= 0.3 is 0 Å². The second-order valence-corrected chi connectivity index (χ2v) is 6.13. The van der Waals surface area contributed by atoms with E-state index >= 15 is 0 Å². The Hall–Kier alpha value is -2.80. The van der Waals surface area contributed by atoms with Crippen molar-refractivity contribution in [3.8, 4) is 16.9 Å². The summed E-state index contributed by atoms with van der Waals surface area (Å²) in [6.07, 6.45) is 2.23. The molecule has 0 radical (unpaired) electrons. The van der Waals surface area contributed by atoms with E-state index in [1.165, 1.54) is 33.4 Å². The van der Waals surface area contributed by atoms with Crippen molar-refractivity contribution >= 4 is 10.9 Å². The highest BCUT2D eigenvalue weighted by atomic mass is 15.0. The number of hydrogen-bond acceptors (Lipinski definition) is 0. The summed E-state index contributed by atoms with van der Waals surface area (Å²) in [5, 5.41) is 1.36. The minimum atomic E-state index is 1.09. The Morgan fingerprint density at radius 1 is 0.708 bits per heavy atom. The Kier molecular flexibility index (Phi) is 3.92. The van der Waals surface area contributed by atoms with Crippen LogP contribution in [0.5, 0.6) is 0 Å². The van der Waals surface area contributed by atoms with E-state index < -0.39 is 0 Å². The van der Waals surface area contributed by atoms with Crippen molar-refractivity contribution in [2.75, 3.05) is 0 Å². The van der Waals surface area contributed by atoms with Gasteiger partial charge in [-0.1, -0.05) is 80.1 Å². The summed E-state index contributed by atoms with van der Waals surface area (Å²) in [6, 6.07) is 30.2. The minimum Gasteiger partial charge on any atom is -0.309 e. The molecule has 4 aromatic rings. The summed E-state index contributed by atoms with van der Waals surface area (Å²) in [5.74, 6) is 0. The van der Waals surface area contributed by atoms with Crippen LogP contribution in [0.25, 0.3) is 27.8 Å². The Morgan fingerprint density at radius 2 is 1.33 bits per heavy atom. The molecular weight excluding hydrogens is 290 g/mol. The molecule has 24 heavy (non-hydrogen) atoms. The molecule has 0 unspecified atom stereocenters. The first-order chi connectivity index (χ1) is 11.9. The topological polar surface area (TPSA) is 4.93 Å². The van der Waals surface area contributed by atoms with Crippen molar-refractivity contribution in [2.24, 2.45) is 0 Å². The lowest BCUT2D eigenvalue weighted by Gasteiger charge is -2.13. The maximum atomic E-state index is 2.41. The molecule has 0 saturated carbocycles. The molecule has 0 saturated heterocycles. The van der Waals surface area contributed by atoms with Crippen LogP contribution in [0.3, 0.4) is 0 Å². The zero-order valence-corrected chi connectivity index (χ0v) is 13.9. The van der Waals surface area contributed by atoms with Gasteiger partial charge in [0.25, 0.3) is 0 Å². The van der Waals surface area contributed by atoms with Crippen molar-refractivity contribution in [2.45, 2.75) is 19.8 Å². The number of rotatable bonds is 4. The number of aryl methyl sites for hydroxylation is 1. The van der Waals surface area contributed by atoms with Gasteiger partial charge in [0.2, 0.25) is 0 Å². The van der Waals surface area contributed by atoms with Crippen molar-refractivity contribution in [3.63, 3.8) is 0 Å². The molecule has 3 aromatic carbocycles. The maximum absolute atomic E-state index is 2.41. The molecule has 0 atom stereocenters. The molecule has 0 amide bonds. The number of para-hydroxylation sites is 2. The zero-order chi connectivity index (χ0) is 16.4. The van der Waals surface area contributed by atoms with Crippen LogP contribution in [0.1, 0.15) is 18.9 Å². The van der Waals surface area contributed by atoms with E-state index in [1.54, 1.807) is 0 Å². The largest absolute Gasteiger partial charge is 0.309 e. The van der Waals surface area contributed by atoms with Gasteiger partial charge in [-0.15, -0.1) is 0 Å². The van der Waals surface area contributed by atoms with Crippen molar-refractivity contribution in [3.05, 3.63) is 90.5 Å². The first-order valence-corrected chi connectivity index (χ1v) is 8.63. The number of benzene rings is 3. The minimum absolute atomic E-state index is 1.09. The lowest BCUT2D eigenvalue weighted by Crippen LogP contribution is -1.98. The molecule has 1 aromatic heterocycles. The fourth-order valence-electron chi connectivity index (χ4n) is 3.55. The van der Waals surface area contributed by atoms with Gasteiger partial charge < -0.3 is 4.57 Å². The summed E-state index contributed by atoms with van der Waals surface area (Å²) < 4.78 is 2.41. The van der Waals surface area contributed by atoms with Crippen LogP contribution >= 0.6 is 0 Å². The first-order valence-electron chi connectivity index (χ1n) is 8.63. The monoisotopic (exact) mass is 311 g/mol. The molecule has 4 rings (SSSR count). The maximum Gasteiger partial charge on any atom is 0.0572 e. The number of hydrogen-bond donors (Lipinski definition) is 0. The average Bonchev–Trinajstić information content (AvgIpc) is 2.98. The molecule has 1 heterocycles. The van der Waals surface area contributed by atoms with Crippen molar-refractivity contribution in [1.29, 1.82) is 0 Å². The van der Waals surface area contributed by atoms with E-state index in [9.17, 15) is 0 Å². The van der Waals surface area contributed by atoms with E-state index in [4.69, 9.17) is 0 Å². The van der Waals surface area contributed by atoms with Gasteiger partial charge in [0.05, 0.1) is 11.2 Å². The van der Waals surface area contributed by atoms with E-state index in [2.05, 4.69) is 96.4 Å². The van der Waals surface area contributed by atoms with Crippen LogP contribution in [0.15, 0.2) is 84.9 Å². The van der Waals surface area contributed by atoms with Crippen LogP contribution in [0.2, 0.25) is 0 Å². The lowest BCUT2D eigenvalue weighted by atomic mass is 10.0. The molecule has 1 nitrogen and oxygen atoms in total. The van der Waals surface area contributed by atoms with Crippen molar-refractivity contribution in [1.82, 2.24) is 4.57 Å². The van der Waals surface area contributed by atoms with Gasteiger partial charge in [0.1, 0.15) is 0 Å². The highest BCUT2D eigenvalue weighted by molar-refractivity contribution is 5.93. The molecule has 0 spiro atoms. The Balaban J connectivity index is 2.13. The summed E-state index contributed by atoms with van der Waals surface area (Å²) in [6.45, 7) is 2.25. The molecule has 0 bridgehead atoms. The Bertz CT molecular complexity index is 949. The summed E-state index contributed by atoms with van der Waals surface area (Å²) in [5.41, 5.74) is 6.55. The summed E-state index contributed by atoms with van der Waals surface area (Å²) in [7, 11) is 0. The third-order valence-electron chi connectivity index (χ3n) is 4.54. The number of nitrogens with zero attached hydrogens (tertiary/aromatic N) is 1. The first kappa shape index (κ1) is 14.8. The van der Waals surface area contributed by atoms with Gasteiger partial charge in [-0.05, 0) is 35.7 Å². The molecule has 118 valence electrons. The molecular formula is C23H21N. The fraction of sp³-hybridized carbons (Fsp3) is 0.130. The van der Waals surface area contributed by atoms with Gasteiger partial charge in [-0.25, -0.2) is 0 Å². The van der Waals surface area contributed by atoms with Crippen LogP contribution in [0.4, 0.5) is 0 Å². The second kappa shape index (κ2) is 6.37. The molecule has 0 N–H and O–H groups in total. The SMILES string of the molecule is CCCc1c(-c2ccccc2)n(-c2ccccc2)c2ccccc12. The quantitative estimate of drug-likeness (QED) is 0.420. The van der Waals surface area contributed by atoms with E-state index in [0.717, 1.165) is 12.8 Å². The molecule has 1 heteroatoms.